The second-order valence-electron chi connectivity index (χ2n) is 4.61. The summed E-state index contributed by atoms with van der Waals surface area (Å²) in [7, 11) is 0. The third-order valence-corrected chi connectivity index (χ3v) is 3.91. The molecule has 6 heteroatoms. The molecule has 0 fully saturated rings. The second-order valence-corrected chi connectivity index (χ2v) is 5.80. The molecule has 0 unspecified atom stereocenters. The number of carbonyl (C=O) groups excluding carboxylic acids is 1. The molecule has 1 aromatic heterocycles. The molecule has 106 valence electrons. The van der Waals surface area contributed by atoms with Crippen LogP contribution in [0.2, 0.25) is 5.02 Å². The number of carbonyl (C=O) groups is 1. The number of benzene rings is 1. The van der Waals surface area contributed by atoms with Gasteiger partial charge in [0.25, 0.3) is 5.91 Å². The highest BCUT2D eigenvalue weighted by Gasteiger charge is 2.17. The molecule has 1 amide bonds. The van der Waals surface area contributed by atoms with Crippen molar-refractivity contribution < 1.29 is 4.79 Å². The van der Waals surface area contributed by atoms with E-state index < -0.39 is 0 Å². The molecule has 0 aliphatic heterocycles. The molecule has 20 heavy (non-hydrogen) atoms. The Labute approximate surface area is 127 Å². The molecule has 0 aliphatic carbocycles. The topological polar surface area (TPSA) is 54.9 Å². The fourth-order valence-electron chi connectivity index (χ4n) is 1.97. The van der Waals surface area contributed by atoms with E-state index in [1.807, 2.05) is 38.1 Å². The molecule has 0 radical (unpaired) electrons. The van der Waals surface area contributed by atoms with Crippen LogP contribution in [0.25, 0.3) is 0 Å². The largest absolute Gasteiger partial charge is 0.348 e. The van der Waals surface area contributed by atoms with Gasteiger partial charge in [0.15, 0.2) is 0 Å². The molecule has 1 N–H and O–H groups in total. The average Bonchev–Trinajstić information content (AvgIpc) is 2.86. The van der Waals surface area contributed by atoms with Gasteiger partial charge in [-0.15, -0.1) is 5.10 Å². The summed E-state index contributed by atoms with van der Waals surface area (Å²) in [6.07, 6.45) is 1.45. The predicted molar refractivity (Wildman–Crippen MR) is 81.4 cm³/mol. The normalized spacial score (nSPS) is 12.2. The third kappa shape index (κ3) is 3.77. The minimum absolute atomic E-state index is 0.0211. The van der Waals surface area contributed by atoms with Crippen LogP contribution in [0.4, 0.5) is 0 Å². The van der Waals surface area contributed by atoms with Gasteiger partial charge in [-0.2, -0.15) is 0 Å². The Morgan fingerprint density at radius 1 is 1.50 bits per heavy atom. The van der Waals surface area contributed by atoms with E-state index >= 15 is 0 Å². The van der Waals surface area contributed by atoms with E-state index in [4.69, 9.17) is 11.6 Å². The number of aryl methyl sites for hydroxylation is 1. The average molecular weight is 310 g/mol. The summed E-state index contributed by atoms with van der Waals surface area (Å²) in [4.78, 5) is 12.7. The van der Waals surface area contributed by atoms with Crippen LogP contribution in [0.1, 0.15) is 34.8 Å². The first-order chi connectivity index (χ1) is 9.60. The highest BCUT2D eigenvalue weighted by molar-refractivity contribution is 7.08. The Bertz CT molecular complexity index is 600. The fourth-order valence-corrected chi connectivity index (χ4v) is 2.84. The molecule has 1 heterocycles. The van der Waals surface area contributed by atoms with Crippen molar-refractivity contribution in [3.8, 4) is 0 Å². The van der Waals surface area contributed by atoms with Crippen molar-refractivity contribution in [1.82, 2.24) is 14.9 Å². The Morgan fingerprint density at radius 2 is 2.30 bits per heavy atom. The number of nitrogens with zero attached hydrogens (tertiary/aromatic N) is 2. The van der Waals surface area contributed by atoms with Gasteiger partial charge < -0.3 is 5.32 Å². The number of halogens is 1. The molecule has 0 spiro atoms. The monoisotopic (exact) mass is 309 g/mol. The zero-order valence-corrected chi connectivity index (χ0v) is 13.0. The van der Waals surface area contributed by atoms with Crippen LogP contribution in [0, 0.1) is 0 Å². The summed E-state index contributed by atoms with van der Waals surface area (Å²) < 4.78 is 3.83. The van der Waals surface area contributed by atoms with Gasteiger partial charge in [-0.1, -0.05) is 35.1 Å². The first-order valence-electron chi connectivity index (χ1n) is 6.46. The maximum absolute atomic E-state index is 12.1. The van der Waals surface area contributed by atoms with Crippen LogP contribution in [-0.2, 0) is 12.8 Å². The summed E-state index contributed by atoms with van der Waals surface area (Å²) in [5.74, 6) is -0.105. The summed E-state index contributed by atoms with van der Waals surface area (Å²) in [6, 6.07) is 7.68. The van der Waals surface area contributed by atoms with Crippen molar-refractivity contribution in [2.75, 3.05) is 0 Å². The molecule has 2 rings (SSSR count). The lowest BCUT2D eigenvalue weighted by Crippen LogP contribution is -2.34. The van der Waals surface area contributed by atoms with Gasteiger partial charge >= 0.3 is 0 Å². The van der Waals surface area contributed by atoms with E-state index in [0.717, 1.165) is 29.2 Å². The second kappa shape index (κ2) is 6.81. The Morgan fingerprint density at radius 3 is 3.00 bits per heavy atom. The maximum Gasteiger partial charge on any atom is 0.265 e. The van der Waals surface area contributed by atoms with E-state index in [1.165, 1.54) is 0 Å². The quantitative estimate of drug-likeness (QED) is 0.923. The highest BCUT2D eigenvalue weighted by Crippen LogP contribution is 2.14. The number of nitrogens with one attached hydrogen (secondary N) is 1. The van der Waals surface area contributed by atoms with E-state index in [2.05, 4.69) is 14.9 Å². The number of hydrogen-bond acceptors (Lipinski definition) is 4. The standard InChI is InChI=1S/C14H16ClN3OS/c1-3-12-13(20-18-17-12)14(19)16-9(2)7-10-5-4-6-11(15)8-10/h4-6,8-9H,3,7H2,1-2H3,(H,16,19)/t9-/m1/s1. The van der Waals surface area contributed by atoms with Gasteiger partial charge in [-0.3, -0.25) is 4.79 Å². The van der Waals surface area contributed by atoms with Crippen LogP contribution in [0.5, 0.6) is 0 Å². The van der Waals surface area contributed by atoms with Crippen LogP contribution in [0.3, 0.4) is 0 Å². The molecular weight excluding hydrogens is 294 g/mol. The smallest absolute Gasteiger partial charge is 0.265 e. The zero-order chi connectivity index (χ0) is 14.5. The molecule has 1 atom stereocenters. The van der Waals surface area contributed by atoms with Gasteiger partial charge in [-0.25, -0.2) is 0 Å². The van der Waals surface area contributed by atoms with Gasteiger partial charge in [0.2, 0.25) is 0 Å². The van der Waals surface area contributed by atoms with Crippen LogP contribution >= 0.6 is 23.1 Å². The summed E-state index contributed by atoms with van der Waals surface area (Å²) in [6.45, 7) is 3.93. The number of amides is 1. The van der Waals surface area contributed by atoms with Crippen LogP contribution in [0.15, 0.2) is 24.3 Å². The Balaban J connectivity index is 1.98. The van der Waals surface area contributed by atoms with Crippen molar-refractivity contribution in [1.29, 1.82) is 0 Å². The number of aromatic nitrogens is 2. The van der Waals surface area contributed by atoms with Crippen molar-refractivity contribution >= 4 is 29.0 Å². The molecule has 2 aromatic rings. The minimum Gasteiger partial charge on any atom is -0.348 e. The molecular formula is C14H16ClN3OS. The molecule has 0 bridgehead atoms. The van der Waals surface area contributed by atoms with E-state index in [-0.39, 0.29) is 11.9 Å². The van der Waals surface area contributed by atoms with Crippen LogP contribution < -0.4 is 5.32 Å². The first kappa shape index (κ1) is 14.9. The maximum atomic E-state index is 12.1. The molecule has 1 aromatic carbocycles. The fraction of sp³-hybridized carbons (Fsp3) is 0.357. The number of rotatable bonds is 5. The van der Waals surface area contributed by atoms with Gasteiger partial charge in [-0.05, 0) is 49.0 Å². The lowest BCUT2D eigenvalue weighted by molar-refractivity contribution is 0.0943. The van der Waals surface area contributed by atoms with Gasteiger partial charge in [0, 0.05) is 11.1 Å². The van der Waals surface area contributed by atoms with Crippen LogP contribution in [-0.4, -0.2) is 21.5 Å². The number of hydrogen-bond donors (Lipinski definition) is 1. The lowest BCUT2D eigenvalue weighted by atomic mass is 10.1. The van der Waals surface area contributed by atoms with Gasteiger partial charge in [0.05, 0.1) is 5.69 Å². The molecule has 0 saturated carbocycles. The van der Waals surface area contributed by atoms with Crippen molar-refractivity contribution in [3.05, 3.63) is 45.4 Å². The summed E-state index contributed by atoms with van der Waals surface area (Å²) in [5.41, 5.74) is 1.85. The SMILES string of the molecule is CCc1nnsc1C(=O)N[C@H](C)Cc1cccc(Cl)c1. The molecule has 0 aliphatic rings. The first-order valence-corrected chi connectivity index (χ1v) is 7.61. The van der Waals surface area contributed by atoms with E-state index in [0.29, 0.717) is 16.3 Å². The van der Waals surface area contributed by atoms with E-state index in [9.17, 15) is 4.79 Å². The Kier molecular flexibility index (Phi) is 5.09. The van der Waals surface area contributed by atoms with E-state index in [1.54, 1.807) is 0 Å². The third-order valence-electron chi connectivity index (χ3n) is 2.91. The predicted octanol–water partition coefficient (Wildman–Crippen LogP) is 3.11. The van der Waals surface area contributed by atoms with Crippen molar-refractivity contribution in [3.63, 3.8) is 0 Å². The minimum atomic E-state index is -0.105. The molecule has 0 saturated heterocycles. The lowest BCUT2D eigenvalue weighted by Gasteiger charge is -2.13. The Hall–Kier alpha value is -1.46. The van der Waals surface area contributed by atoms with Gasteiger partial charge in [0.1, 0.15) is 4.88 Å². The highest BCUT2D eigenvalue weighted by atomic mass is 35.5. The summed E-state index contributed by atoms with van der Waals surface area (Å²) in [5, 5.41) is 7.63. The summed E-state index contributed by atoms with van der Waals surface area (Å²) >= 11 is 7.09. The molecule has 4 nitrogen and oxygen atoms in total. The van der Waals surface area contributed by atoms with Crippen molar-refractivity contribution in [2.45, 2.75) is 32.7 Å². The zero-order valence-electron chi connectivity index (χ0n) is 11.4. The van der Waals surface area contributed by atoms with Crippen molar-refractivity contribution in [2.24, 2.45) is 0 Å².